The van der Waals surface area contributed by atoms with Crippen LogP contribution < -0.4 is 20.3 Å². The fourth-order valence-corrected chi connectivity index (χ4v) is 7.36. The van der Waals surface area contributed by atoms with Crippen LogP contribution in [0.3, 0.4) is 0 Å². The van der Waals surface area contributed by atoms with Crippen LogP contribution in [0.4, 0.5) is 28.8 Å². The zero-order valence-corrected chi connectivity index (χ0v) is 28.7. The van der Waals surface area contributed by atoms with Crippen LogP contribution >= 0.6 is 15.9 Å². The maximum Gasteiger partial charge on any atom is 0.229 e. The topological polar surface area (TPSA) is 135 Å². The Morgan fingerprint density at radius 3 is 2.50 bits per heavy atom. The Hall–Kier alpha value is -3.59. The molecule has 0 atom stereocenters. The molecule has 2 aromatic heterocycles. The summed E-state index contributed by atoms with van der Waals surface area (Å²) in [6.45, 7) is 7.85. The first kappa shape index (κ1) is 32.4. The number of morpholine rings is 1. The van der Waals surface area contributed by atoms with E-state index in [2.05, 4.69) is 70.4 Å². The number of benzene rings is 2. The third kappa shape index (κ3) is 7.35. The number of anilines is 5. The number of piperidine rings is 1. The van der Waals surface area contributed by atoms with Crippen LogP contribution in [-0.4, -0.2) is 92.1 Å². The Bertz CT molecular complexity index is 1810. The smallest absolute Gasteiger partial charge is 0.229 e. The van der Waals surface area contributed by atoms with E-state index in [1.165, 1.54) is 17.5 Å². The summed E-state index contributed by atoms with van der Waals surface area (Å²) in [5, 5.41) is 6.64. The molecular weight excluding hydrogens is 672 g/mol. The van der Waals surface area contributed by atoms with Crippen LogP contribution in [0.25, 0.3) is 11.0 Å². The molecule has 0 saturated carbocycles. The Kier molecular flexibility index (Phi) is 9.87. The highest BCUT2D eigenvalue weighted by atomic mass is 79.9. The van der Waals surface area contributed by atoms with Gasteiger partial charge in [0.05, 0.1) is 47.3 Å². The van der Waals surface area contributed by atoms with Crippen LogP contribution in [0.5, 0.6) is 5.75 Å². The molecule has 244 valence electrons. The van der Waals surface area contributed by atoms with Crippen LogP contribution in [0.15, 0.2) is 47.3 Å². The Morgan fingerprint density at radius 1 is 1.02 bits per heavy atom. The van der Waals surface area contributed by atoms with Crippen molar-refractivity contribution in [1.29, 1.82) is 0 Å². The monoisotopic (exact) mass is 710 g/mol. The second kappa shape index (κ2) is 14.0. The van der Waals surface area contributed by atoms with E-state index in [9.17, 15) is 8.42 Å². The molecule has 2 fully saturated rings. The fraction of sp³-hybridized carbons (Fsp3) is 0.438. The quantitative estimate of drug-likeness (QED) is 0.227. The SMILES string of the molecule is CCc1cc(Nc2ncc(Br)c(Nc3ccc4nccnc4c3CS(C)(=O)=O)n2)c(OC)cc1N1CCC(N2CCOCC2)CC1. The minimum absolute atomic E-state index is 0.201. The van der Waals surface area contributed by atoms with Gasteiger partial charge >= 0.3 is 0 Å². The molecular formula is C32H39BrN8O4S. The maximum atomic E-state index is 12.3. The van der Waals surface area contributed by atoms with Crippen LogP contribution in [0.1, 0.15) is 30.9 Å². The van der Waals surface area contributed by atoms with Crippen LogP contribution in [0, 0.1) is 0 Å². The molecule has 0 radical (unpaired) electrons. The Balaban J connectivity index is 1.24. The first-order valence-corrected chi connectivity index (χ1v) is 18.3. The van der Waals surface area contributed by atoms with Gasteiger partial charge in [0.2, 0.25) is 5.95 Å². The Morgan fingerprint density at radius 2 is 1.78 bits per heavy atom. The highest BCUT2D eigenvalue weighted by Crippen LogP contribution is 2.37. The molecule has 4 aromatic rings. The molecule has 0 spiro atoms. The van der Waals surface area contributed by atoms with Crippen molar-refractivity contribution >= 4 is 65.6 Å². The molecule has 0 bridgehead atoms. The van der Waals surface area contributed by atoms with Crippen molar-refractivity contribution in [2.45, 2.75) is 38.0 Å². The largest absolute Gasteiger partial charge is 0.494 e. The molecule has 2 N–H and O–H groups in total. The van der Waals surface area contributed by atoms with Crippen molar-refractivity contribution < 1.29 is 17.9 Å². The highest BCUT2D eigenvalue weighted by Gasteiger charge is 2.27. The number of sulfone groups is 1. The van der Waals surface area contributed by atoms with Crippen LogP contribution in [0.2, 0.25) is 0 Å². The van der Waals surface area contributed by atoms with Crippen molar-refractivity contribution in [3.63, 3.8) is 0 Å². The third-order valence-corrected chi connectivity index (χ3v) is 9.94. The van der Waals surface area contributed by atoms with Crippen molar-refractivity contribution in [2.75, 3.05) is 68.3 Å². The van der Waals surface area contributed by atoms with E-state index in [4.69, 9.17) is 14.5 Å². The number of ether oxygens (including phenoxy) is 2. The third-order valence-electron chi connectivity index (χ3n) is 8.54. The van der Waals surface area contributed by atoms with E-state index in [1.54, 1.807) is 37.8 Å². The van der Waals surface area contributed by atoms with Crippen molar-refractivity contribution in [1.82, 2.24) is 24.8 Å². The molecule has 0 unspecified atom stereocenters. The summed E-state index contributed by atoms with van der Waals surface area (Å²) < 4.78 is 36.7. The number of methoxy groups -OCH3 is 1. The second-order valence-electron chi connectivity index (χ2n) is 11.6. The van der Waals surface area contributed by atoms with E-state index >= 15 is 0 Å². The summed E-state index contributed by atoms with van der Waals surface area (Å²) in [5.41, 5.74) is 5.39. The summed E-state index contributed by atoms with van der Waals surface area (Å²) in [5.74, 6) is 1.32. The number of nitrogens with one attached hydrogen (secondary N) is 2. The van der Waals surface area contributed by atoms with Gasteiger partial charge in [0.25, 0.3) is 0 Å². The normalized spacial score (nSPS) is 16.5. The van der Waals surface area contributed by atoms with Crippen molar-refractivity contribution in [3.8, 4) is 5.75 Å². The highest BCUT2D eigenvalue weighted by molar-refractivity contribution is 9.10. The molecule has 2 aromatic carbocycles. The average Bonchev–Trinajstić information content (AvgIpc) is 3.07. The molecule has 0 amide bonds. The molecule has 4 heterocycles. The van der Waals surface area contributed by atoms with Gasteiger partial charge in [0.15, 0.2) is 9.84 Å². The van der Waals surface area contributed by atoms with E-state index in [0.717, 1.165) is 64.3 Å². The summed E-state index contributed by atoms with van der Waals surface area (Å²) in [6, 6.07) is 8.43. The zero-order chi connectivity index (χ0) is 32.3. The molecule has 2 saturated heterocycles. The number of aromatic nitrogens is 4. The number of hydrogen-bond acceptors (Lipinski definition) is 12. The summed E-state index contributed by atoms with van der Waals surface area (Å²) in [6.07, 6.45) is 9.10. The maximum absolute atomic E-state index is 12.3. The lowest BCUT2D eigenvalue weighted by Crippen LogP contribution is -2.49. The minimum atomic E-state index is -3.37. The predicted octanol–water partition coefficient (Wildman–Crippen LogP) is 5.09. The van der Waals surface area contributed by atoms with Crippen molar-refractivity contribution in [3.05, 3.63) is 58.5 Å². The molecule has 0 aliphatic carbocycles. The van der Waals surface area contributed by atoms with E-state index in [1.807, 2.05) is 0 Å². The second-order valence-corrected chi connectivity index (χ2v) is 14.6. The molecule has 2 aliphatic rings. The van der Waals surface area contributed by atoms with Gasteiger partial charge in [-0.25, -0.2) is 13.4 Å². The lowest BCUT2D eigenvalue weighted by molar-refractivity contribution is 0.0115. The first-order chi connectivity index (χ1) is 22.2. The standard InChI is InChI=1S/C32H39BrN8O4S/c1-4-21-17-27(29(44-2)18-28(21)41-11-7-22(8-12-41)40-13-15-45-16-14-40)38-32-36-19-24(33)31(39-32)37-25-5-6-26-30(35-10-9-34-26)23(25)20-46(3,42)43/h5-6,9-10,17-19,22H,4,7-8,11-16,20H2,1-3H3,(H2,36,37,38,39). The minimum Gasteiger partial charge on any atom is -0.494 e. The van der Waals surface area contributed by atoms with E-state index < -0.39 is 9.84 Å². The van der Waals surface area contributed by atoms with Gasteiger partial charge in [-0.3, -0.25) is 14.9 Å². The number of rotatable bonds is 10. The van der Waals surface area contributed by atoms with Gasteiger partial charge in [-0.2, -0.15) is 4.98 Å². The number of fused-ring (bicyclic) bond motifs is 1. The Labute approximate surface area is 278 Å². The molecule has 2 aliphatic heterocycles. The predicted molar refractivity (Wildman–Crippen MR) is 184 cm³/mol. The van der Waals surface area contributed by atoms with Gasteiger partial charge in [-0.15, -0.1) is 0 Å². The fourth-order valence-electron chi connectivity index (χ4n) is 6.25. The average molecular weight is 712 g/mol. The van der Waals surface area contributed by atoms with Gasteiger partial charge in [0, 0.05) is 80.1 Å². The molecule has 12 nitrogen and oxygen atoms in total. The molecule has 14 heteroatoms. The van der Waals surface area contributed by atoms with E-state index in [-0.39, 0.29) is 5.75 Å². The van der Waals surface area contributed by atoms with Crippen LogP contribution in [-0.2, 0) is 26.7 Å². The lowest BCUT2D eigenvalue weighted by Gasteiger charge is -2.41. The first-order valence-electron chi connectivity index (χ1n) is 15.5. The number of halogens is 1. The number of aryl methyl sites for hydroxylation is 1. The van der Waals surface area contributed by atoms with Gasteiger partial charge in [-0.05, 0) is 59.0 Å². The molecule has 46 heavy (non-hydrogen) atoms. The van der Waals surface area contributed by atoms with Crippen molar-refractivity contribution in [2.24, 2.45) is 0 Å². The number of hydrogen-bond donors (Lipinski definition) is 2. The lowest BCUT2D eigenvalue weighted by atomic mass is 10.00. The van der Waals surface area contributed by atoms with E-state index in [0.29, 0.717) is 50.3 Å². The molecule has 6 rings (SSSR count). The summed E-state index contributed by atoms with van der Waals surface area (Å²) >= 11 is 3.54. The van der Waals surface area contributed by atoms with Gasteiger partial charge in [0.1, 0.15) is 11.6 Å². The van der Waals surface area contributed by atoms with Gasteiger partial charge in [-0.1, -0.05) is 6.92 Å². The summed E-state index contributed by atoms with van der Waals surface area (Å²) in [4.78, 5) is 23.0. The van der Waals surface area contributed by atoms with Gasteiger partial charge < -0.3 is 25.0 Å². The zero-order valence-electron chi connectivity index (χ0n) is 26.3. The number of nitrogens with zero attached hydrogens (tertiary/aromatic N) is 6. The summed E-state index contributed by atoms with van der Waals surface area (Å²) in [7, 11) is -1.70.